The fourth-order valence-corrected chi connectivity index (χ4v) is 6.77. The van der Waals surface area contributed by atoms with Crippen LogP contribution in [0.5, 0.6) is 11.5 Å². The lowest BCUT2D eigenvalue weighted by Crippen LogP contribution is -2.35. The first-order valence-corrected chi connectivity index (χ1v) is 18.1. The molecule has 3 aromatic carbocycles. The molecule has 4 rings (SSSR count). The van der Waals surface area contributed by atoms with E-state index in [-0.39, 0.29) is 30.7 Å². The van der Waals surface area contributed by atoms with Gasteiger partial charge in [0.1, 0.15) is 11.5 Å². The Morgan fingerprint density at radius 3 is 1.78 bits per heavy atom. The monoisotopic (exact) mass is 696 g/mol. The van der Waals surface area contributed by atoms with Crippen LogP contribution in [0.2, 0.25) is 0 Å². The molecule has 0 bridgehead atoms. The van der Waals surface area contributed by atoms with E-state index in [2.05, 4.69) is 59.4 Å². The van der Waals surface area contributed by atoms with Gasteiger partial charge in [-0.25, -0.2) is 19.4 Å². The number of unbranched alkanes of at least 4 members (excludes halogenated alkanes) is 3. The van der Waals surface area contributed by atoms with Crippen molar-refractivity contribution in [2.24, 2.45) is 5.92 Å². The Balaban J connectivity index is 1.90. The molecule has 0 radical (unpaired) electrons. The van der Waals surface area contributed by atoms with Crippen LogP contribution in [0.15, 0.2) is 96.6 Å². The number of hydrogen-bond donors (Lipinski definition) is 0. The van der Waals surface area contributed by atoms with Crippen LogP contribution in [0.1, 0.15) is 96.6 Å². The highest BCUT2D eigenvalue weighted by molar-refractivity contribution is 5.88. The van der Waals surface area contributed by atoms with Gasteiger partial charge < -0.3 is 18.9 Å². The molecule has 2 atom stereocenters. The maximum absolute atomic E-state index is 13.1. The Labute approximate surface area is 305 Å². The van der Waals surface area contributed by atoms with Crippen molar-refractivity contribution in [1.82, 2.24) is 0 Å². The van der Waals surface area contributed by atoms with Crippen LogP contribution >= 0.6 is 0 Å². The van der Waals surface area contributed by atoms with Crippen LogP contribution < -0.4 is 19.3 Å². The number of allylic oxidation sites excluding steroid dienone is 3. The number of ether oxygens (including phenoxy) is 4. The van der Waals surface area contributed by atoms with Gasteiger partial charge in [-0.1, -0.05) is 107 Å². The molecule has 8 heteroatoms. The second-order valence-corrected chi connectivity index (χ2v) is 14.1. The minimum atomic E-state index is -0.531. The summed E-state index contributed by atoms with van der Waals surface area (Å²) in [6.07, 6.45) is 8.71. The second-order valence-electron chi connectivity index (χ2n) is 14.1. The SMILES string of the molecule is C=C(C)[C@@H]1CCC(C)=C[C@H]1c1c(OCN(C(=O)OC)c2ccccc2)cc(C(C)(C)CCCCCC)cc1OCN(C(=O)OC)c1ccccc1. The summed E-state index contributed by atoms with van der Waals surface area (Å²) in [5.74, 6) is 1.23. The molecule has 0 spiro atoms. The van der Waals surface area contributed by atoms with Crippen LogP contribution in [-0.2, 0) is 14.9 Å². The van der Waals surface area contributed by atoms with Gasteiger partial charge in [-0.3, -0.25) is 0 Å². The molecule has 0 saturated carbocycles. The number of methoxy groups -OCH3 is 2. The van der Waals surface area contributed by atoms with Crippen molar-refractivity contribution < 1.29 is 28.5 Å². The summed E-state index contributed by atoms with van der Waals surface area (Å²) < 4.78 is 23.9. The first kappa shape index (κ1) is 39.1. The van der Waals surface area contributed by atoms with Crippen LogP contribution in [-0.4, -0.2) is 39.9 Å². The van der Waals surface area contributed by atoms with Crippen LogP contribution in [0.4, 0.5) is 21.0 Å². The molecular formula is C43H56N2O6. The Morgan fingerprint density at radius 1 is 0.824 bits per heavy atom. The topological polar surface area (TPSA) is 77.5 Å². The number of carbonyl (C=O) groups excluding carboxylic acids is 2. The number of anilines is 2. The summed E-state index contributed by atoms with van der Waals surface area (Å²) in [4.78, 5) is 29.1. The summed E-state index contributed by atoms with van der Waals surface area (Å²) >= 11 is 0. The summed E-state index contributed by atoms with van der Waals surface area (Å²) in [6, 6.07) is 22.9. The number of nitrogens with zero attached hydrogens (tertiary/aromatic N) is 2. The highest BCUT2D eigenvalue weighted by Gasteiger charge is 2.34. The summed E-state index contributed by atoms with van der Waals surface area (Å²) in [7, 11) is 2.73. The Bertz CT molecular complexity index is 1550. The molecular weight excluding hydrogens is 640 g/mol. The third-order valence-electron chi connectivity index (χ3n) is 9.88. The van der Waals surface area contributed by atoms with Gasteiger partial charge in [-0.15, -0.1) is 0 Å². The molecule has 3 aromatic rings. The smallest absolute Gasteiger partial charge is 0.416 e. The van der Waals surface area contributed by atoms with Crippen molar-refractivity contribution in [3.8, 4) is 11.5 Å². The molecule has 0 aromatic heterocycles. The molecule has 8 nitrogen and oxygen atoms in total. The average molecular weight is 697 g/mol. The lowest BCUT2D eigenvalue weighted by Gasteiger charge is -2.35. The van der Waals surface area contributed by atoms with Gasteiger partial charge >= 0.3 is 12.2 Å². The van der Waals surface area contributed by atoms with E-state index >= 15 is 0 Å². The molecule has 1 aliphatic rings. The maximum atomic E-state index is 13.1. The Kier molecular flexibility index (Phi) is 14.2. The van der Waals surface area contributed by atoms with Gasteiger partial charge in [0.15, 0.2) is 13.5 Å². The molecule has 0 unspecified atom stereocenters. The largest absolute Gasteiger partial charge is 0.472 e. The molecule has 0 saturated heterocycles. The Hall–Kier alpha value is -4.72. The van der Waals surface area contributed by atoms with E-state index in [4.69, 9.17) is 18.9 Å². The molecule has 0 heterocycles. The summed E-state index contributed by atoms with van der Waals surface area (Å²) in [5, 5.41) is 0. The zero-order chi connectivity index (χ0) is 37.0. The minimum Gasteiger partial charge on any atom is -0.472 e. The predicted molar refractivity (Wildman–Crippen MR) is 206 cm³/mol. The van der Waals surface area contributed by atoms with E-state index in [1.54, 1.807) is 0 Å². The standard InChI is InChI=1S/C43H56N2O6/c1-9-10-11-18-25-43(5,6)33-27-38(50-29-44(41(46)48-7)34-19-14-12-15-20-34)40(37-26-32(4)23-24-36(37)31(2)3)39(28-33)51-30-45(42(47)49-8)35-21-16-13-17-22-35/h12-17,19-22,26-28,36-37H,2,9-11,18,23-25,29-30H2,1,3-8H3/t36-,37+/m0/s1. The minimum absolute atomic E-state index is 0.0883. The number of para-hydroxylation sites is 2. The fourth-order valence-electron chi connectivity index (χ4n) is 6.77. The maximum Gasteiger partial charge on any atom is 0.416 e. The lowest BCUT2D eigenvalue weighted by molar-refractivity contribution is 0.170. The van der Waals surface area contributed by atoms with Gasteiger partial charge in [0.25, 0.3) is 0 Å². The second kappa shape index (κ2) is 18.5. The molecule has 0 fully saturated rings. The lowest BCUT2D eigenvalue weighted by atomic mass is 9.72. The fraction of sp³-hybridized carbons (Fsp3) is 0.442. The highest BCUT2D eigenvalue weighted by Crippen LogP contribution is 2.49. The number of rotatable bonds is 16. The van der Waals surface area contributed by atoms with Crippen LogP contribution in [0, 0.1) is 5.92 Å². The van der Waals surface area contributed by atoms with Crippen molar-refractivity contribution in [3.63, 3.8) is 0 Å². The number of hydrogen-bond acceptors (Lipinski definition) is 6. The van der Waals surface area contributed by atoms with Gasteiger partial charge in [0.2, 0.25) is 0 Å². The molecule has 0 N–H and O–H groups in total. The van der Waals surface area contributed by atoms with E-state index in [1.165, 1.54) is 42.4 Å². The third kappa shape index (κ3) is 10.2. The van der Waals surface area contributed by atoms with Crippen LogP contribution in [0.25, 0.3) is 0 Å². The number of amides is 2. The Morgan fingerprint density at radius 2 is 1.33 bits per heavy atom. The zero-order valence-electron chi connectivity index (χ0n) is 31.6. The number of benzene rings is 3. The van der Waals surface area contributed by atoms with E-state index in [1.807, 2.05) is 60.7 Å². The van der Waals surface area contributed by atoms with E-state index in [9.17, 15) is 9.59 Å². The van der Waals surface area contributed by atoms with Gasteiger partial charge in [0.05, 0.1) is 25.6 Å². The normalized spacial score (nSPS) is 15.7. The first-order valence-electron chi connectivity index (χ1n) is 18.1. The quantitative estimate of drug-likeness (QED) is 0.0843. The van der Waals surface area contributed by atoms with Gasteiger partial charge in [-0.2, -0.15) is 0 Å². The van der Waals surface area contributed by atoms with Gasteiger partial charge in [0, 0.05) is 11.5 Å². The summed E-state index contributed by atoms with van der Waals surface area (Å²) in [6.45, 7) is 15.2. The van der Waals surface area contributed by atoms with Crippen molar-refractivity contribution in [1.29, 1.82) is 0 Å². The molecule has 2 amide bonds. The predicted octanol–water partition coefficient (Wildman–Crippen LogP) is 11.2. The third-order valence-corrected chi connectivity index (χ3v) is 9.88. The average Bonchev–Trinajstić information content (AvgIpc) is 3.13. The molecule has 1 aliphatic carbocycles. The first-order chi connectivity index (χ1) is 24.5. The molecule has 51 heavy (non-hydrogen) atoms. The van der Waals surface area contributed by atoms with Crippen molar-refractivity contribution in [3.05, 3.63) is 108 Å². The van der Waals surface area contributed by atoms with E-state index < -0.39 is 12.2 Å². The van der Waals surface area contributed by atoms with E-state index in [0.29, 0.717) is 22.9 Å². The van der Waals surface area contributed by atoms with Crippen molar-refractivity contribution in [2.75, 3.05) is 37.5 Å². The highest BCUT2D eigenvalue weighted by atomic mass is 16.6. The van der Waals surface area contributed by atoms with E-state index in [0.717, 1.165) is 48.8 Å². The van der Waals surface area contributed by atoms with Crippen LogP contribution in [0.3, 0.4) is 0 Å². The summed E-state index contributed by atoms with van der Waals surface area (Å²) in [5.41, 5.74) is 5.32. The molecule has 0 aliphatic heterocycles. The number of carbonyl (C=O) groups is 2. The van der Waals surface area contributed by atoms with Crippen molar-refractivity contribution >= 4 is 23.6 Å². The van der Waals surface area contributed by atoms with Gasteiger partial charge in [-0.05, 0) is 86.4 Å². The molecule has 274 valence electrons. The zero-order valence-corrected chi connectivity index (χ0v) is 31.6. The van der Waals surface area contributed by atoms with Crippen molar-refractivity contribution in [2.45, 2.75) is 90.9 Å².